The molecule has 3 N–H and O–H groups in total. The molecule has 6 heteroatoms. The van der Waals surface area contributed by atoms with Crippen molar-refractivity contribution in [2.45, 2.75) is 39.5 Å². The lowest BCUT2D eigenvalue weighted by atomic mass is 10.1. The molecule has 0 atom stereocenters. The van der Waals surface area contributed by atoms with Crippen molar-refractivity contribution in [3.05, 3.63) is 29.8 Å². The molecule has 19 heavy (non-hydrogen) atoms. The van der Waals surface area contributed by atoms with Crippen LogP contribution in [-0.4, -0.2) is 19.7 Å². The van der Waals surface area contributed by atoms with E-state index in [1.165, 1.54) is 6.33 Å². The van der Waals surface area contributed by atoms with E-state index < -0.39 is 0 Å². The SMILES string of the molecule is CCCc1c(NN)ncnc1-n1ccc(C(C)C)n1. The van der Waals surface area contributed by atoms with Crippen molar-refractivity contribution in [3.63, 3.8) is 0 Å². The summed E-state index contributed by atoms with van der Waals surface area (Å²) in [7, 11) is 0. The molecule has 2 rings (SSSR count). The number of nitrogens with zero attached hydrogens (tertiary/aromatic N) is 4. The molecule has 2 heterocycles. The summed E-state index contributed by atoms with van der Waals surface area (Å²) in [5.41, 5.74) is 4.66. The van der Waals surface area contributed by atoms with Gasteiger partial charge in [-0.3, -0.25) is 0 Å². The largest absolute Gasteiger partial charge is 0.308 e. The number of hydrogen-bond donors (Lipinski definition) is 2. The molecule has 6 nitrogen and oxygen atoms in total. The smallest absolute Gasteiger partial charge is 0.162 e. The van der Waals surface area contributed by atoms with E-state index in [9.17, 15) is 0 Å². The molecular formula is C13H20N6. The lowest BCUT2D eigenvalue weighted by Crippen LogP contribution is -2.14. The highest BCUT2D eigenvalue weighted by Crippen LogP contribution is 2.21. The van der Waals surface area contributed by atoms with E-state index in [1.807, 2.05) is 12.3 Å². The lowest BCUT2D eigenvalue weighted by molar-refractivity contribution is 0.744. The third-order valence-corrected chi connectivity index (χ3v) is 2.98. The minimum atomic E-state index is 0.393. The Morgan fingerprint density at radius 3 is 2.74 bits per heavy atom. The fraction of sp³-hybridized carbons (Fsp3) is 0.462. The second-order valence-corrected chi connectivity index (χ2v) is 4.76. The highest BCUT2D eigenvalue weighted by molar-refractivity contribution is 5.50. The Balaban J connectivity index is 2.47. The van der Waals surface area contributed by atoms with Crippen molar-refractivity contribution in [1.29, 1.82) is 0 Å². The zero-order chi connectivity index (χ0) is 13.8. The van der Waals surface area contributed by atoms with Crippen LogP contribution in [0.1, 0.15) is 44.4 Å². The second kappa shape index (κ2) is 5.79. The van der Waals surface area contributed by atoms with Crippen molar-refractivity contribution in [3.8, 4) is 5.82 Å². The summed E-state index contributed by atoms with van der Waals surface area (Å²) in [4.78, 5) is 8.50. The van der Waals surface area contributed by atoms with Crippen LogP contribution in [0.2, 0.25) is 0 Å². The van der Waals surface area contributed by atoms with E-state index >= 15 is 0 Å². The van der Waals surface area contributed by atoms with Gasteiger partial charge in [0.1, 0.15) is 12.1 Å². The monoisotopic (exact) mass is 260 g/mol. The Kier molecular flexibility index (Phi) is 4.11. The molecule has 0 saturated heterocycles. The molecule has 0 bridgehead atoms. The first-order valence-corrected chi connectivity index (χ1v) is 6.53. The first kappa shape index (κ1) is 13.5. The van der Waals surface area contributed by atoms with Gasteiger partial charge in [-0.25, -0.2) is 20.5 Å². The lowest BCUT2D eigenvalue weighted by Gasteiger charge is -2.11. The van der Waals surface area contributed by atoms with E-state index in [2.05, 4.69) is 41.3 Å². The summed E-state index contributed by atoms with van der Waals surface area (Å²) >= 11 is 0. The van der Waals surface area contributed by atoms with Gasteiger partial charge in [-0.1, -0.05) is 27.2 Å². The molecule has 2 aromatic heterocycles. The summed E-state index contributed by atoms with van der Waals surface area (Å²) < 4.78 is 1.79. The van der Waals surface area contributed by atoms with E-state index in [0.717, 1.165) is 29.9 Å². The topological polar surface area (TPSA) is 81.6 Å². The Hall–Kier alpha value is -1.95. The Labute approximate surface area is 113 Å². The van der Waals surface area contributed by atoms with Gasteiger partial charge in [0.2, 0.25) is 0 Å². The predicted molar refractivity (Wildman–Crippen MR) is 75.0 cm³/mol. The van der Waals surface area contributed by atoms with Gasteiger partial charge in [0.15, 0.2) is 5.82 Å². The summed E-state index contributed by atoms with van der Waals surface area (Å²) in [5.74, 6) is 7.35. The van der Waals surface area contributed by atoms with Crippen molar-refractivity contribution >= 4 is 5.82 Å². The minimum Gasteiger partial charge on any atom is -0.308 e. The first-order chi connectivity index (χ1) is 9.17. The molecule has 2 aromatic rings. The normalized spacial score (nSPS) is 11.0. The molecular weight excluding hydrogens is 240 g/mol. The molecule has 0 fully saturated rings. The third-order valence-electron chi connectivity index (χ3n) is 2.98. The van der Waals surface area contributed by atoms with Gasteiger partial charge < -0.3 is 5.43 Å². The average Bonchev–Trinajstić information content (AvgIpc) is 2.89. The Morgan fingerprint density at radius 1 is 1.37 bits per heavy atom. The van der Waals surface area contributed by atoms with Gasteiger partial charge in [-0.15, -0.1) is 0 Å². The van der Waals surface area contributed by atoms with Crippen molar-refractivity contribution < 1.29 is 0 Å². The summed E-state index contributed by atoms with van der Waals surface area (Å²) in [6.45, 7) is 6.35. The van der Waals surface area contributed by atoms with Gasteiger partial charge >= 0.3 is 0 Å². The summed E-state index contributed by atoms with van der Waals surface area (Å²) in [6.07, 6.45) is 5.28. The van der Waals surface area contributed by atoms with Gasteiger partial charge in [0.05, 0.1) is 5.69 Å². The van der Waals surface area contributed by atoms with Crippen LogP contribution in [0.15, 0.2) is 18.6 Å². The third kappa shape index (κ3) is 2.73. The van der Waals surface area contributed by atoms with Crippen LogP contribution in [0, 0.1) is 0 Å². The number of nitrogens with one attached hydrogen (secondary N) is 1. The Morgan fingerprint density at radius 2 is 2.16 bits per heavy atom. The number of rotatable bonds is 5. The molecule has 0 aliphatic carbocycles. The van der Waals surface area contributed by atoms with Crippen LogP contribution < -0.4 is 11.3 Å². The molecule has 102 valence electrons. The van der Waals surface area contributed by atoms with E-state index in [-0.39, 0.29) is 0 Å². The molecule has 0 aliphatic rings. The number of nitrogen functional groups attached to an aromatic ring is 1. The summed E-state index contributed by atoms with van der Waals surface area (Å²) in [5, 5.41) is 4.56. The van der Waals surface area contributed by atoms with E-state index in [1.54, 1.807) is 4.68 Å². The molecule has 0 spiro atoms. The van der Waals surface area contributed by atoms with Gasteiger partial charge in [-0.2, -0.15) is 5.10 Å². The van der Waals surface area contributed by atoms with Crippen molar-refractivity contribution in [2.75, 3.05) is 5.43 Å². The average molecular weight is 260 g/mol. The highest BCUT2D eigenvalue weighted by Gasteiger charge is 2.13. The zero-order valence-electron chi connectivity index (χ0n) is 11.6. The maximum atomic E-state index is 5.51. The van der Waals surface area contributed by atoms with Crippen LogP contribution in [0.5, 0.6) is 0 Å². The Bertz CT molecular complexity index is 546. The molecule has 0 saturated carbocycles. The minimum absolute atomic E-state index is 0.393. The quantitative estimate of drug-likeness (QED) is 0.635. The number of hydrazine groups is 1. The zero-order valence-corrected chi connectivity index (χ0v) is 11.6. The van der Waals surface area contributed by atoms with Crippen LogP contribution in [0.4, 0.5) is 5.82 Å². The first-order valence-electron chi connectivity index (χ1n) is 6.53. The number of hydrogen-bond acceptors (Lipinski definition) is 5. The summed E-state index contributed by atoms with van der Waals surface area (Å²) in [6, 6.07) is 2.01. The number of anilines is 1. The van der Waals surface area contributed by atoms with Gasteiger partial charge in [0.25, 0.3) is 0 Å². The highest BCUT2D eigenvalue weighted by atomic mass is 15.3. The molecule has 0 amide bonds. The maximum Gasteiger partial charge on any atom is 0.162 e. The van der Waals surface area contributed by atoms with E-state index in [0.29, 0.717) is 11.7 Å². The number of nitrogens with two attached hydrogens (primary N) is 1. The van der Waals surface area contributed by atoms with Crippen molar-refractivity contribution in [1.82, 2.24) is 19.7 Å². The van der Waals surface area contributed by atoms with Gasteiger partial charge in [0, 0.05) is 11.8 Å². The standard InChI is InChI=1S/C13H20N6/c1-4-5-10-12(17-14)15-8-16-13(10)19-7-6-11(18-19)9(2)3/h6-9H,4-5,14H2,1-3H3,(H,15,16,17). The van der Waals surface area contributed by atoms with Crippen molar-refractivity contribution in [2.24, 2.45) is 5.84 Å². The molecule has 0 radical (unpaired) electrons. The molecule has 0 aliphatic heterocycles. The van der Waals surface area contributed by atoms with Crippen LogP contribution in [-0.2, 0) is 6.42 Å². The second-order valence-electron chi connectivity index (χ2n) is 4.76. The molecule has 0 aromatic carbocycles. The van der Waals surface area contributed by atoms with Crippen LogP contribution in [0.25, 0.3) is 5.82 Å². The van der Waals surface area contributed by atoms with E-state index in [4.69, 9.17) is 5.84 Å². The predicted octanol–water partition coefficient (Wildman–Crippen LogP) is 2.02. The molecule has 0 unspecified atom stereocenters. The maximum absolute atomic E-state index is 5.51. The van der Waals surface area contributed by atoms with Gasteiger partial charge in [-0.05, 0) is 18.4 Å². The fourth-order valence-corrected chi connectivity index (χ4v) is 1.97. The van der Waals surface area contributed by atoms with Crippen LogP contribution in [0.3, 0.4) is 0 Å². The van der Waals surface area contributed by atoms with Crippen LogP contribution >= 0.6 is 0 Å². The fourth-order valence-electron chi connectivity index (χ4n) is 1.97. The number of aromatic nitrogens is 4.